The van der Waals surface area contributed by atoms with E-state index in [2.05, 4.69) is 10.2 Å². The van der Waals surface area contributed by atoms with Crippen LogP contribution in [0.25, 0.3) is 0 Å². The topological polar surface area (TPSA) is 66.3 Å². The van der Waals surface area contributed by atoms with Crippen LogP contribution in [-0.4, -0.2) is 34.4 Å². The summed E-state index contributed by atoms with van der Waals surface area (Å²) in [6, 6.07) is 3.49. The molecule has 0 radical (unpaired) electrons. The molecule has 1 aliphatic rings. The molecule has 1 saturated heterocycles. The Morgan fingerprint density at radius 3 is 2.47 bits per heavy atom. The Morgan fingerprint density at radius 2 is 2.00 bits per heavy atom. The van der Waals surface area contributed by atoms with Gasteiger partial charge in [-0.05, 0) is 25.0 Å². The van der Waals surface area contributed by atoms with Gasteiger partial charge < -0.3 is 10.0 Å². The van der Waals surface area contributed by atoms with Gasteiger partial charge in [-0.15, -0.1) is 22.6 Å². The van der Waals surface area contributed by atoms with Crippen LogP contribution in [0.15, 0.2) is 12.1 Å². The molecule has 1 aromatic rings. The summed E-state index contributed by atoms with van der Waals surface area (Å²) >= 11 is 5.65. The van der Waals surface area contributed by atoms with Crippen molar-refractivity contribution in [2.45, 2.75) is 12.8 Å². The van der Waals surface area contributed by atoms with Crippen molar-refractivity contribution < 1.29 is 9.90 Å². The number of aliphatic carboxylic acids is 1. The van der Waals surface area contributed by atoms with E-state index in [0.29, 0.717) is 31.1 Å². The van der Waals surface area contributed by atoms with Gasteiger partial charge in [-0.25, -0.2) is 0 Å². The molecule has 94 valence electrons. The van der Waals surface area contributed by atoms with Gasteiger partial charge >= 0.3 is 5.97 Å². The lowest BCUT2D eigenvalue weighted by Gasteiger charge is -2.30. The van der Waals surface area contributed by atoms with Crippen molar-refractivity contribution in [2.75, 3.05) is 18.0 Å². The van der Waals surface area contributed by atoms with Crippen molar-refractivity contribution >= 4 is 35.8 Å². The van der Waals surface area contributed by atoms with Crippen LogP contribution in [0.3, 0.4) is 0 Å². The third-order valence-electron chi connectivity index (χ3n) is 2.79. The Labute approximate surface area is 110 Å². The lowest BCUT2D eigenvalue weighted by atomic mass is 9.97. The van der Waals surface area contributed by atoms with E-state index >= 15 is 0 Å². The molecule has 1 aliphatic heterocycles. The molecular formula is C10H13Cl2N3O2. The van der Waals surface area contributed by atoms with Crippen molar-refractivity contribution in [3.05, 3.63) is 17.3 Å². The van der Waals surface area contributed by atoms with Crippen molar-refractivity contribution in [3.8, 4) is 0 Å². The van der Waals surface area contributed by atoms with E-state index in [1.807, 2.05) is 4.90 Å². The Balaban J connectivity index is 0.00000144. The van der Waals surface area contributed by atoms with Gasteiger partial charge in [0.1, 0.15) is 0 Å². The van der Waals surface area contributed by atoms with Gasteiger partial charge in [0, 0.05) is 13.1 Å². The summed E-state index contributed by atoms with van der Waals surface area (Å²) < 4.78 is 0. The molecule has 0 saturated carbocycles. The molecule has 7 heteroatoms. The molecule has 0 unspecified atom stereocenters. The first kappa shape index (κ1) is 14.0. The van der Waals surface area contributed by atoms with Gasteiger partial charge in [0.2, 0.25) is 0 Å². The highest BCUT2D eigenvalue weighted by Crippen LogP contribution is 2.21. The minimum atomic E-state index is -0.707. The summed E-state index contributed by atoms with van der Waals surface area (Å²) in [6.45, 7) is 1.40. The number of nitrogens with zero attached hydrogens (tertiary/aromatic N) is 3. The van der Waals surface area contributed by atoms with Crippen LogP contribution in [0.2, 0.25) is 5.15 Å². The van der Waals surface area contributed by atoms with E-state index < -0.39 is 5.97 Å². The second-order valence-corrected chi connectivity index (χ2v) is 4.20. The molecule has 0 amide bonds. The maximum absolute atomic E-state index is 10.8. The summed E-state index contributed by atoms with van der Waals surface area (Å²) in [5.41, 5.74) is 0. The van der Waals surface area contributed by atoms with Crippen LogP contribution < -0.4 is 4.90 Å². The normalized spacial score (nSPS) is 16.4. The first-order chi connectivity index (χ1) is 7.66. The zero-order valence-corrected chi connectivity index (χ0v) is 10.6. The van der Waals surface area contributed by atoms with E-state index in [1.54, 1.807) is 12.1 Å². The van der Waals surface area contributed by atoms with Crippen LogP contribution in [0.1, 0.15) is 12.8 Å². The number of hydrogen-bond acceptors (Lipinski definition) is 4. The number of piperidine rings is 1. The number of carboxylic acids is 1. The molecule has 1 aromatic heterocycles. The summed E-state index contributed by atoms with van der Waals surface area (Å²) in [4.78, 5) is 12.8. The second-order valence-electron chi connectivity index (χ2n) is 3.81. The highest BCUT2D eigenvalue weighted by molar-refractivity contribution is 6.29. The molecule has 0 atom stereocenters. The minimum absolute atomic E-state index is 0. The molecule has 1 N–H and O–H groups in total. The van der Waals surface area contributed by atoms with Gasteiger partial charge in [0.15, 0.2) is 11.0 Å². The number of carbonyl (C=O) groups is 1. The fourth-order valence-electron chi connectivity index (χ4n) is 1.83. The van der Waals surface area contributed by atoms with Crippen LogP contribution in [0, 0.1) is 5.92 Å². The molecule has 0 spiro atoms. The van der Waals surface area contributed by atoms with Gasteiger partial charge in [-0.3, -0.25) is 4.79 Å². The van der Waals surface area contributed by atoms with E-state index in [9.17, 15) is 4.79 Å². The molecule has 5 nitrogen and oxygen atoms in total. The SMILES string of the molecule is Cl.O=C(O)C1CCN(c2ccc(Cl)nn2)CC1. The Hall–Kier alpha value is -1.07. The van der Waals surface area contributed by atoms with E-state index in [0.717, 1.165) is 5.82 Å². The van der Waals surface area contributed by atoms with Crippen molar-refractivity contribution in [2.24, 2.45) is 5.92 Å². The zero-order chi connectivity index (χ0) is 11.5. The Bertz CT molecular complexity index is 378. The third-order valence-corrected chi connectivity index (χ3v) is 2.99. The third kappa shape index (κ3) is 3.44. The van der Waals surface area contributed by atoms with Crippen LogP contribution in [0.5, 0.6) is 0 Å². The maximum Gasteiger partial charge on any atom is 0.306 e. The summed E-state index contributed by atoms with van der Waals surface area (Å²) in [7, 11) is 0. The molecule has 2 rings (SSSR count). The van der Waals surface area contributed by atoms with Crippen LogP contribution in [0.4, 0.5) is 5.82 Å². The lowest BCUT2D eigenvalue weighted by Crippen LogP contribution is -2.36. The predicted octanol–water partition coefficient (Wildman–Crippen LogP) is 1.85. The van der Waals surface area contributed by atoms with E-state index in [4.69, 9.17) is 16.7 Å². The second kappa shape index (κ2) is 6.02. The number of hydrogen-bond donors (Lipinski definition) is 1. The molecule has 1 fully saturated rings. The van der Waals surface area contributed by atoms with Crippen LogP contribution in [-0.2, 0) is 4.79 Å². The standard InChI is InChI=1S/C10H12ClN3O2.ClH/c11-8-1-2-9(13-12-8)14-5-3-7(4-6-14)10(15)16;/h1-2,7H,3-6H2,(H,15,16);1H. The van der Waals surface area contributed by atoms with Gasteiger partial charge in [0.25, 0.3) is 0 Å². The fraction of sp³-hybridized carbons (Fsp3) is 0.500. The van der Waals surface area contributed by atoms with Gasteiger partial charge in [0.05, 0.1) is 5.92 Å². The number of anilines is 1. The first-order valence-corrected chi connectivity index (χ1v) is 5.51. The van der Waals surface area contributed by atoms with E-state index in [1.165, 1.54) is 0 Å². The summed E-state index contributed by atoms with van der Waals surface area (Å²) in [5.74, 6) is -0.174. The number of carboxylic acid groups (broad SMARTS) is 1. The Morgan fingerprint density at radius 1 is 1.35 bits per heavy atom. The average Bonchev–Trinajstić information content (AvgIpc) is 2.30. The number of halogens is 2. The Kier molecular flexibility index (Phi) is 4.96. The van der Waals surface area contributed by atoms with Crippen molar-refractivity contribution in [3.63, 3.8) is 0 Å². The summed E-state index contributed by atoms with van der Waals surface area (Å²) in [6.07, 6.45) is 1.30. The van der Waals surface area contributed by atoms with E-state index in [-0.39, 0.29) is 18.3 Å². The largest absolute Gasteiger partial charge is 0.481 e. The molecule has 0 aromatic carbocycles. The number of rotatable bonds is 2. The zero-order valence-electron chi connectivity index (χ0n) is 9.04. The highest BCUT2D eigenvalue weighted by atomic mass is 35.5. The first-order valence-electron chi connectivity index (χ1n) is 5.14. The average molecular weight is 278 g/mol. The van der Waals surface area contributed by atoms with Crippen molar-refractivity contribution in [1.82, 2.24) is 10.2 Å². The monoisotopic (exact) mass is 277 g/mol. The molecular weight excluding hydrogens is 265 g/mol. The van der Waals surface area contributed by atoms with Crippen molar-refractivity contribution in [1.29, 1.82) is 0 Å². The molecule has 0 bridgehead atoms. The minimum Gasteiger partial charge on any atom is -0.481 e. The highest BCUT2D eigenvalue weighted by Gasteiger charge is 2.25. The quantitative estimate of drug-likeness (QED) is 0.894. The fourth-order valence-corrected chi connectivity index (χ4v) is 1.93. The predicted molar refractivity (Wildman–Crippen MR) is 66.9 cm³/mol. The summed E-state index contributed by atoms with van der Waals surface area (Å²) in [5, 5.41) is 17.0. The van der Waals surface area contributed by atoms with Gasteiger partial charge in [-0.2, -0.15) is 0 Å². The maximum atomic E-state index is 10.8. The lowest BCUT2D eigenvalue weighted by molar-refractivity contribution is -0.142. The smallest absolute Gasteiger partial charge is 0.306 e. The van der Waals surface area contributed by atoms with Gasteiger partial charge in [-0.1, -0.05) is 11.6 Å². The molecule has 0 aliphatic carbocycles. The number of aromatic nitrogens is 2. The van der Waals surface area contributed by atoms with Crippen LogP contribution >= 0.6 is 24.0 Å². The molecule has 17 heavy (non-hydrogen) atoms. The molecule has 2 heterocycles.